The minimum atomic E-state index is -3.64. The summed E-state index contributed by atoms with van der Waals surface area (Å²) in [4.78, 5) is 28.2. The third-order valence-corrected chi connectivity index (χ3v) is 8.49. The Kier molecular flexibility index (Phi) is 7.91. The summed E-state index contributed by atoms with van der Waals surface area (Å²) in [6.07, 6.45) is 0.831. The van der Waals surface area contributed by atoms with E-state index < -0.39 is 15.4 Å². The first-order valence-corrected chi connectivity index (χ1v) is 14.0. The van der Waals surface area contributed by atoms with Crippen LogP contribution in [0.15, 0.2) is 47.4 Å². The molecular weight excluding hydrogens is 494 g/mol. The van der Waals surface area contributed by atoms with Crippen molar-refractivity contribution in [3.05, 3.63) is 48.0 Å². The number of carbonyl (C=O) groups excluding carboxylic acids is 2. The number of nitrogens with zero attached hydrogens (tertiary/aromatic N) is 2. The molecule has 200 valence electrons. The number of nitrogens with one attached hydrogen (secondary N) is 1. The highest BCUT2D eigenvalue weighted by Gasteiger charge is 2.37. The zero-order chi connectivity index (χ0) is 26.8. The van der Waals surface area contributed by atoms with Crippen LogP contribution in [0, 0.1) is 11.3 Å². The van der Waals surface area contributed by atoms with Gasteiger partial charge in [0.05, 0.1) is 29.2 Å². The second kappa shape index (κ2) is 10.8. The van der Waals surface area contributed by atoms with E-state index in [0.717, 1.165) is 6.42 Å². The Balaban J connectivity index is 1.53. The summed E-state index contributed by atoms with van der Waals surface area (Å²) in [5.74, 6) is 0.609. The minimum absolute atomic E-state index is 0.0209. The molecular formula is C27H35N3O6S. The van der Waals surface area contributed by atoms with Gasteiger partial charge in [-0.3, -0.25) is 9.59 Å². The number of anilines is 2. The summed E-state index contributed by atoms with van der Waals surface area (Å²) in [7, 11) is -3.64. The highest BCUT2D eigenvalue weighted by molar-refractivity contribution is 7.89. The Morgan fingerprint density at radius 2 is 1.76 bits per heavy atom. The number of amides is 2. The van der Waals surface area contributed by atoms with Gasteiger partial charge in [-0.25, -0.2) is 8.42 Å². The maximum atomic E-state index is 13.3. The van der Waals surface area contributed by atoms with Gasteiger partial charge in [0, 0.05) is 30.9 Å². The largest absolute Gasteiger partial charge is 0.490 e. The number of hydrogen-bond donors (Lipinski definition) is 1. The van der Waals surface area contributed by atoms with Gasteiger partial charge >= 0.3 is 0 Å². The fourth-order valence-electron chi connectivity index (χ4n) is 4.25. The quantitative estimate of drug-likeness (QED) is 0.586. The highest BCUT2D eigenvalue weighted by atomic mass is 32.2. The van der Waals surface area contributed by atoms with E-state index in [0.29, 0.717) is 61.5 Å². The first kappa shape index (κ1) is 27.1. The topological polar surface area (TPSA) is 105 Å². The molecule has 2 aromatic carbocycles. The number of fused-ring (bicyclic) bond motifs is 1. The molecule has 0 radical (unpaired) electrons. The molecule has 2 amide bonds. The maximum Gasteiger partial charge on any atom is 0.255 e. The standard InChI is InChI=1S/C27H35N3O6S/c1-19(2)11-12-30-23-17-21(7-10-24(23)36-18-27(3,4)26(30)32)28-25(31)20-5-8-22(9-6-20)37(33,34)29-13-15-35-16-14-29/h5-10,17,19H,11-16,18H2,1-4H3,(H,28,31). The first-order valence-electron chi connectivity index (χ1n) is 12.6. The lowest BCUT2D eigenvalue weighted by molar-refractivity contribution is -0.127. The molecule has 37 heavy (non-hydrogen) atoms. The molecule has 0 aromatic heterocycles. The van der Waals surface area contributed by atoms with E-state index in [1.165, 1.54) is 28.6 Å². The molecule has 2 aliphatic rings. The molecule has 2 heterocycles. The van der Waals surface area contributed by atoms with E-state index in [9.17, 15) is 18.0 Å². The van der Waals surface area contributed by atoms with Gasteiger partial charge in [-0.1, -0.05) is 13.8 Å². The number of rotatable bonds is 7. The van der Waals surface area contributed by atoms with Gasteiger partial charge in [-0.05, 0) is 68.7 Å². The SMILES string of the molecule is CC(C)CCN1C(=O)C(C)(C)COc2ccc(NC(=O)c3ccc(S(=O)(=O)N4CCOCC4)cc3)cc21. The number of morpholine rings is 1. The van der Waals surface area contributed by atoms with E-state index in [4.69, 9.17) is 9.47 Å². The molecule has 1 fully saturated rings. The average molecular weight is 530 g/mol. The number of sulfonamides is 1. The van der Waals surface area contributed by atoms with Crippen molar-refractivity contribution in [3.8, 4) is 5.75 Å². The van der Waals surface area contributed by atoms with Crippen LogP contribution < -0.4 is 15.0 Å². The molecule has 0 bridgehead atoms. The van der Waals surface area contributed by atoms with Gasteiger partial charge in [-0.15, -0.1) is 0 Å². The van der Waals surface area contributed by atoms with Crippen molar-refractivity contribution in [2.24, 2.45) is 11.3 Å². The Bertz CT molecular complexity index is 1250. The van der Waals surface area contributed by atoms with Crippen molar-refractivity contribution < 1.29 is 27.5 Å². The van der Waals surface area contributed by atoms with Crippen LogP contribution in [0.2, 0.25) is 0 Å². The van der Waals surface area contributed by atoms with Crippen molar-refractivity contribution in [1.82, 2.24) is 4.31 Å². The lowest BCUT2D eigenvalue weighted by Crippen LogP contribution is -2.42. The minimum Gasteiger partial charge on any atom is -0.490 e. The Labute approximate surface area is 218 Å². The summed E-state index contributed by atoms with van der Waals surface area (Å²) in [6, 6.07) is 11.1. The number of benzene rings is 2. The molecule has 1 saturated heterocycles. The molecule has 9 nitrogen and oxygen atoms in total. The van der Waals surface area contributed by atoms with E-state index in [1.807, 2.05) is 13.8 Å². The van der Waals surface area contributed by atoms with Crippen LogP contribution in [0.25, 0.3) is 0 Å². The number of hydrogen-bond acceptors (Lipinski definition) is 6. The predicted octanol–water partition coefficient (Wildman–Crippen LogP) is 3.76. The molecule has 2 aromatic rings. The third-order valence-electron chi connectivity index (χ3n) is 6.57. The Morgan fingerprint density at radius 3 is 2.41 bits per heavy atom. The van der Waals surface area contributed by atoms with Crippen LogP contribution >= 0.6 is 0 Å². The second-order valence-electron chi connectivity index (χ2n) is 10.5. The van der Waals surface area contributed by atoms with E-state index >= 15 is 0 Å². The van der Waals surface area contributed by atoms with Crippen LogP contribution in [0.1, 0.15) is 44.5 Å². The van der Waals surface area contributed by atoms with Gasteiger partial charge < -0.3 is 19.7 Å². The molecule has 0 unspecified atom stereocenters. The monoisotopic (exact) mass is 529 g/mol. The maximum absolute atomic E-state index is 13.3. The van der Waals surface area contributed by atoms with Crippen molar-refractivity contribution in [2.75, 3.05) is 49.7 Å². The van der Waals surface area contributed by atoms with Crippen LogP contribution in [0.4, 0.5) is 11.4 Å². The molecule has 0 atom stereocenters. The second-order valence-corrected chi connectivity index (χ2v) is 12.4. The average Bonchev–Trinajstić information content (AvgIpc) is 2.97. The normalized spacial score (nSPS) is 18.2. The van der Waals surface area contributed by atoms with Crippen molar-refractivity contribution in [3.63, 3.8) is 0 Å². The van der Waals surface area contributed by atoms with Gasteiger partial charge in [-0.2, -0.15) is 4.31 Å². The van der Waals surface area contributed by atoms with E-state index in [-0.39, 0.29) is 23.3 Å². The van der Waals surface area contributed by atoms with E-state index in [1.54, 1.807) is 23.1 Å². The lowest BCUT2D eigenvalue weighted by Gasteiger charge is -2.28. The van der Waals surface area contributed by atoms with Gasteiger partial charge in [0.1, 0.15) is 12.4 Å². The van der Waals surface area contributed by atoms with Gasteiger partial charge in [0.15, 0.2) is 0 Å². The molecule has 10 heteroatoms. The summed E-state index contributed by atoms with van der Waals surface area (Å²) in [6.45, 7) is 10.1. The predicted molar refractivity (Wildman–Crippen MR) is 141 cm³/mol. The van der Waals surface area contributed by atoms with Crippen LogP contribution in [-0.2, 0) is 19.6 Å². The van der Waals surface area contributed by atoms with Crippen molar-refractivity contribution in [2.45, 2.75) is 39.0 Å². The first-order chi connectivity index (χ1) is 17.5. The smallest absolute Gasteiger partial charge is 0.255 e. The van der Waals surface area contributed by atoms with Gasteiger partial charge in [0.25, 0.3) is 5.91 Å². The molecule has 1 N–H and O–H groups in total. The Hall–Kier alpha value is -2.95. The molecule has 2 aliphatic heterocycles. The zero-order valence-corrected chi connectivity index (χ0v) is 22.6. The van der Waals surface area contributed by atoms with Crippen LogP contribution in [0.5, 0.6) is 5.75 Å². The van der Waals surface area contributed by atoms with E-state index in [2.05, 4.69) is 19.2 Å². The highest BCUT2D eigenvalue weighted by Crippen LogP contribution is 2.38. The lowest BCUT2D eigenvalue weighted by atomic mass is 9.92. The van der Waals surface area contributed by atoms with Crippen molar-refractivity contribution in [1.29, 1.82) is 0 Å². The number of ether oxygens (including phenoxy) is 2. The van der Waals surface area contributed by atoms with Crippen LogP contribution in [-0.4, -0.2) is 64.0 Å². The van der Waals surface area contributed by atoms with Crippen molar-refractivity contribution >= 4 is 33.2 Å². The molecule has 0 spiro atoms. The summed E-state index contributed by atoms with van der Waals surface area (Å²) < 4.78 is 38.3. The molecule has 0 saturated carbocycles. The Morgan fingerprint density at radius 1 is 1.08 bits per heavy atom. The molecule has 0 aliphatic carbocycles. The summed E-state index contributed by atoms with van der Waals surface area (Å²) in [5, 5.41) is 2.86. The number of carbonyl (C=O) groups is 2. The van der Waals surface area contributed by atoms with Gasteiger partial charge in [0.2, 0.25) is 15.9 Å². The molecule has 4 rings (SSSR count). The third kappa shape index (κ3) is 5.97. The fraction of sp³-hybridized carbons (Fsp3) is 0.481. The summed E-state index contributed by atoms with van der Waals surface area (Å²) in [5.41, 5.74) is 0.782. The van der Waals surface area contributed by atoms with Crippen LogP contribution in [0.3, 0.4) is 0 Å². The zero-order valence-electron chi connectivity index (χ0n) is 21.8. The summed E-state index contributed by atoms with van der Waals surface area (Å²) >= 11 is 0. The fourth-order valence-corrected chi connectivity index (χ4v) is 5.66.